The van der Waals surface area contributed by atoms with Gasteiger partial charge in [-0.2, -0.15) is 9.90 Å². The van der Waals surface area contributed by atoms with Crippen molar-refractivity contribution in [2.24, 2.45) is 0 Å². The van der Waals surface area contributed by atoms with Crippen LogP contribution < -0.4 is 0 Å². The van der Waals surface area contributed by atoms with Gasteiger partial charge in [-0.25, -0.2) is 0 Å². The summed E-state index contributed by atoms with van der Waals surface area (Å²) in [5.74, 6) is 0.806. The summed E-state index contributed by atoms with van der Waals surface area (Å²) < 4.78 is 3.64. The third kappa shape index (κ3) is 3.78. The Balaban J connectivity index is 0.000000902. The number of halogens is 1. The Labute approximate surface area is 150 Å². The van der Waals surface area contributed by atoms with E-state index in [1.165, 1.54) is 47.5 Å². The van der Waals surface area contributed by atoms with E-state index in [2.05, 4.69) is 42.7 Å². The smallest absolute Gasteiger partial charge is 0.153 e. The molecule has 1 heterocycles. The van der Waals surface area contributed by atoms with Gasteiger partial charge in [0, 0.05) is 0 Å². The van der Waals surface area contributed by atoms with Crippen LogP contribution in [0.2, 0.25) is 0 Å². The molecule has 1 aromatic carbocycles. The summed E-state index contributed by atoms with van der Waals surface area (Å²) in [4.78, 5) is 0. The number of aromatic nitrogens is 1. The molecule has 0 bridgehead atoms. The van der Waals surface area contributed by atoms with Crippen LogP contribution in [-0.4, -0.2) is 28.4 Å². The maximum atomic E-state index is 3.60. The van der Waals surface area contributed by atoms with Crippen molar-refractivity contribution in [2.45, 2.75) is 38.0 Å². The second-order valence-electron chi connectivity index (χ2n) is 4.99. The van der Waals surface area contributed by atoms with Crippen LogP contribution in [0.15, 0.2) is 28.9 Å². The van der Waals surface area contributed by atoms with Gasteiger partial charge in [0.2, 0.25) is 0 Å². The molecule has 0 aliphatic heterocycles. The summed E-state index contributed by atoms with van der Waals surface area (Å²) >= 11 is 4.47. The average Bonchev–Trinajstić information content (AvgIpc) is 2.67. The first-order chi connectivity index (χ1) is 8.25. The van der Waals surface area contributed by atoms with Crippen molar-refractivity contribution in [2.75, 3.05) is 0 Å². The number of thiol groups is 1. The topological polar surface area (TPSA) is 4.93 Å². The van der Waals surface area contributed by atoms with Gasteiger partial charge in [-0.1, -0.05) is 0 Å². The number of fused-ring (bicyclic) bond motifs is 1. The van der Waals surface area contributed by atoms with E-state index in [0.717, 1.165) is 32.0 Å². The van der Waals surface area contributed by atoms with Crippen LogP contribution in [0.4, 0.5) is 0 Å². The van der Waals surface area contributed by atoms with Crippen molar-refractivity contribution in [3.63, 3.8) is 0 Å². The summed E-state index contributed by atoms with van der Waals surface area (Å²) in [7, 11) is 0. The zero-order valence-electron chi connectivity index (χ0n) is 11.0. The Morgan fingerprint density at radius 1 is 1.16 bits per heavy atom. The van der Waals surface area contributed by atoms with Crippen molar-refractivity contribution < 1.29 is 0 Å². The van der Waals surface area contributed by atoms with E-state index < -0.39 is 0 Å². The Morgan fingerprint density at radius 3 is 2.53 bits per heavy atom. The van der Waals surface area contributed by atoms with E-state index in [1.54, 1.807) is 5.56 Å². The molecule has 1 aromatic heterocycles. The summed E-state index contributed by atoms with van der Waals surface area (Å²) in [5.41, 5.74) is 3.03. The standard InChI is InChI=1S/C14H15BrN.H3P.H2S.Tl/c15-11-6-7-14-12(8-11)13(9-16-14)10-4-2-1-3-5-10;;;/h6-10H,1-5H2;1H3;1H2;/q-1;;;+1/p-1. The number of nitrogens with zero attached hydrogens (tertiary/aromatic N) is 1. The van der Waals surface area contributed by atoms with Gasteiger partial charge in [-0.15, -0.1) is 0 Å². The van der Waals surface area contributed by atoms with Crippen molar-refractivity contribution in [3.8, 4) is 0 Å². The molecular formula is C14H19BrNPSTl-. The van der Waals surface area contributed by atoms with E-state index in [0.29, 0.717) is 0 Å². The molecule has 1 unspecified atom stereocenters. The van der Waals surface area contributed by atoms with Gasteiger partial charge in [0.25, 0.3) is 0 Å². The van der Waals surface area contributed by atoms with Gasteiger partial charge in [0.15, 0.2) is 0 Å². The van der Waals surface area contributed by atoms with Gasteiger partial charge >= 0.3 is 128 Å². The molecule has 19 heavy (non-hydrogen) atoms. The Morgan fingerprint density at radius 2 is 1.84 bits per heavy atom. The normalized spacial score (nSPS) is 15.8. The predicted octanol–water partition coefficient (Wildman–Crippen LogP) is 4.17. The van der Waals surface area contributed by atoms with Gasteiger partial charge in [0.05, 0.1) is 0 Å². The maximum absolute atomic E-state index is 3.60. The van der Waals surface area contributed by atoms with E-state index in [1.807, 2.05) is 0 Å². The van der Waals surface area contributed by atoms with Crippen LogP contribution in [0.3, 0.4) is 0 Å². The minimum absolute atomic E-state index is 0. The Hall–Kier alpha value is 0.942. The molecule has 1 saturated carbocycles. The summed E-state index contributed by atoms with van der Waals surface area (Å²) in [6, 6.07) is 6.72. The second kappa shape index (κ2) is 7.81. The largest absolute Gasteiger partial charge is 0.813 e. The molecule has 0 spiro atoms. The van der Waals surface area contributed by atoms with Gasteiger partial charge in [-0.05, 0) is 0 Å². The molecule has 1 atom stereocenters. The zero-order chi connectivity index (χ0) is 11.8. The zero-order valence-corrected chi connectivity index (χ0v) is 19.4. The van der Waals surface area contributed by atoms with E-state index in [4.69, 9.17) is 0 Å². The van der Waals surface area contributed by atoms with E-state index >= 15 is 0 Å². The van der Waals surface area contributed by atoms with Gasteiger partial charge in [-0.3, -0.25) is 0 Å². The first kappa shape index (κ1) is 18.0. The SMILES string of the molecule is Brc1ccc2c(c1)c(C1CCCCC1)c[n]2[Tl].P.[SH-]. The molecule has 1 aliphatic rings. The molecular weight excluding hydrogens is 529 g/mol. The first-order valence-corrected chi connectivity index (χ1v) is 9.11. The first-order valence-electron chi connectivity index (χ1n) is 6.31. The van der Waals surface area contributed by atoms with E-state index in [-0.39, 0.29) is 23.4 Å². The summed E-state index contributed by atoms with van der Waals surface area (Å²) in [6.07, 6.45) is 9.44. The number of hydrogen-bond acceptors (Lipinski definition) is 1. The van der Waals surface area contributed by atoms with Crippen LogP contribution in [0.5, 0.6) is 0 Å². The fraction of sp³-hybridized carbons (Fsp3) is 0.429. The third-order valence-electron chi connectivity index (χ3n) is 3.87. The summed E-state index contributed by atoms with van der Waals surface area (Å²) in [5, 5.41) is 1.48. The van der Waals surface area contributed by atoms with Crippen molar-refractivity contribution in [3.05, 3.63) is 34.4 Å². The van der Waals surface area contributed by atoms with Crippen LogP contribution >= 0.6 is 25.8 Å². The van der Waals surface area contributed by atoms with Gasteiger partial charge in [0.1, 0.15) is 0 Å². The average molecular weight is 549 g/mol. The molecule has 0 N–H and O–H groups in total. The quantitative estimate of drug-likeness (QED) is 0.224. The van der Waals surface area contributed by atoms with E-state index in [9.17, 15) is 0 Å². The Kier molecular flexibility index (Phi) is 7.40. The Bertz CT molecular complexity index is 552. The number of rotatable bonds is 1. The molecule has 0 radical (unpaired) electrons. The van der Waals surface area contributed by atoms with Crippen molar-refractivity contribution in [1.82, 2.24) is 2.38 Å². The molecule has 0 amide bonds. The summed E-state index contributed by atoms with van der Waals surface area (Å²) in [6.45, 7) is 0. The van der Waals surface area contributed by atoms with Crippen LogP contribution in [0.25, 0.3) is 10.9 Å². The molecule has 102 valence electrons. The van der Waals surface area contributed by atoms with Crippen LogP contribution in [-0.2, 0) is 13.5 Å². The van der Waals surface area contributed by atoms with Gasteiger partial charge < -0.3 is 13.5 Å². The number of benzene rings is 1. The number of hydrogen-bond donors (Lipinski definition) is 0. The maximum Gasteiger partial charge on any atom is -0.153 e. The minimum atomic E-state index is 0. The molecule has 5 heteroatoms. The molecule has 1 fully saturated rings. The predicted molar refractivity (Wildman–Crippen MR) is 96.5 cm³/mol. The fourth-order valence-corrected chi connectivity index (χ4v) is 4.85. The monoisotopic (exact) mass is 548 g/mol. The second-order valence-corrected chi connectivity index (χ2v) is 8.07. The molecule has 2 aromatic rings. The molecule has 1 aliphatic carbocycles. The fourth-order valence-electron chi connectivity index (χ4n) is 2.99. The molecule has 0 saturated heterocycles. The minimum Gasteiger partial charge on any atom is -0.813 e. The van der Waals surface area contributed by atoms with Crippen LogP contribution in [0, 0.1) is 0 Å². The molecule has 3 rings (SSSR count). The third-order valence-corrected chi connectivity index (χ3v) is 6.03. The molecule has 1 nitrogen and oxygen atoms in total. The van der Waals surface area contributed by atoms with Crippen LogP contribution in [0.1, 0.15) is 43.6 Å². The van der Waals surface area contributed by atoms with Crippen molar-refractivity contribution >= 4 is 76.3 Å². The van der Waals surface area contributed by atoms with Crippen molar-refractivity contribution in [1.29, 1.82) is 0 Å².